The first kappa shape index (κ1) is 8.68. The van der Waals surface area contributed by atoms with Gasteiger partial charge >= 0.3 is 0 Å². The molecule has 0 atom stereocenters. The van der Waals surface area contributed by atoms with E-state index in [1.807, 2.05) is 5.48 Å². The fraction of sp³-hybridized carbons (Fsp3) is 0.333. The van der Waals surface area contributed by atoms with Crippen LogP contribution in [0, 0.1) is 0 Å². The SMILES string of the molecule is C=C(C)/C=N/ONC(C)=O. The number of allylic oxidation sites excluding steroid dienone is 1. The number of hydrogen-bond acceptors (Lipinski definition) is 3. The second kappa shape index (κ2) is 4.55. The summed E-state index contributed by atoms with van der Waals surface area (Å²) in [4.78, 5) is 14.5. The molecule has 0 aromatic heterocycles. The van der Waals surface area contributed by atoms with Crippen molar-refractivity contribution in [2.24, 2.45) is 5.16 Å². The van der Waals surface area contributed by atoms with Gasteiger partial charge in [-0.1, -0.05) is 11.7 Å². The molecule has 0 aliphatic carbocycles. The minimum atomic E-state index is -0.293. The lowest BCUT2D eigenvalue weighted by atomic mass is 10.4. The summed E-state index contributed by atoms with van der Waals surface area (Å²) in [6, 6.07) is 0. The molecule has 1 amide bonds. The highest BCUT2D eigenvalue weighted by molar-refractivity contribution is 5.76. The largest absolute Gasteiger partial charge is 0.272 e. The Morgan fingerprint density at radius 3 is 2.70 bits per heavy atom. The lowest BCUT2D eigenvalue weighted by Crippen LogP contribution is -2.17. The zero-order valence-electron chi connectivity index (χ0n) is 6.05. The van der Waals surface area contributed by atoms with Crippen LogP contribution < -0.4 is 5.48 Å². The van der Waals surface area contributed by atoms with Crippen LogP contribution in [0.4, 0.5) is 0 Å². The molecule has 0 heterocycles. The molecule has 10 heavy (non-hydrogen) atoms. The molecule has 1 N–H and O–H groups in total. The van der Waals surface area contributed by atoms with Gasteiger partial charge in [0.2, 0.25) is 0 Å². The van der Waals surface area contributed by atoms with Crippen LogP contribution in [-0.2, 0) is 9.73 Å². The van der Waals surface area contributed by atoms with Gasteiger partial charge in [0, 0.05) is 6.92 Å². The fourth-order valence-electron chi connectivity index (χ4n) is 0.207. The minimum Gasteiger partial charge on any atom is -0.272 e. The van der Waals surface area contributed by atoms with E-state index in [-0.39, 0.29) is 5.91 Å². The van der Waals surface area contributed by atoms with Gasteiger partial charge in [0.15, 0.2) is 0 Å². The Hall–Kier alpha value is -1.32. The molecule has 0 spiro atoms. The van der Waals surface area contributed by atoms with E-state index in [0.717, 1.165) is 5.57 Å². The third kappa shape index (κ3) is 6.68. The summed E-state index contributed by atoms with van der Waals surface area (Å²) in [7, 11) is 0. The summed E-state index contributed by atoms with van der Waals surface area (Å²) < 4.78 is 0. The van der Waals surface area contributed by atoms with E-state index in [1.54, 1.807) is 6.92 Å². The van der Waals surface area contributed by atoms with Gasteiger partial charge in [0.05, 0.1) is 6.21 Å². The van der Waals surface area contributed by atoms with Crippen molar-refractivity contribution in [2.75, 3.05) is 0 Å². The average Bonchev–Trinajstić information content (AvgIpc) is 1.79. The molecule has 0 aromatic rings. The summed E-state index contributed by atoms with van der Waals surface area (Å²) in [5, 5.41) is 3.35. The van der Waals surface area contributed by atoms with Crippen molar-refractivity contribution in [3.63, 3.8) is 0 Å². The predicted octanol–water partition coefficient (Wildman–Crippen LogP) is 0.616. The fourth-order valence-corrected chi connectivity index (χ4v) is 0.207. The van der Waals surface area contributed by atoms with Gasteiger partial charge < -0.3 is 0 Å². The van der Waals surface area contributed by atoms with Gasteiger partial charge in [-0.25, -0.2) is 0 Å². The highest BCUT2D eigenvalue weighted by Gasteiger charge is 1.84. The van der Waals surface area contributed by atoms with E-state index < -0.39 is 0 Å². The van der Waals surface area contributed by atoms with E-state index in [2.05, 4.69) is 16.7 Å². The average molecular weight is 142 g/mol. The first-order valence-corrected chi connectivity index (χ1v) is 2.74. The summed E-state index contributed by atoms with van der Waals surface area (Å²) >= 11 is 0. The lowest BCUT2D eigenvalue weighted by molar-refractivity contribution is -0.131. The topological polar surface area (TPSA) is 50.7 Å². The van der Waals surface area contributed by atoms with Gasteiger partial charge in [-0.2, -0.15) is 5.48 Å². The second-order valence-corrected chi connectivity index (χ2v) is 1.83. The summed E-state index contributed by atoms with van der Waals surface area (Å²) in [6.45, 7) is 6.62. The molecule has 0 fully saturated rings. The Morgan fingerprint density at radius 2 is 2.30 bits per heavy atom. The van der Waals surface area contributed by atoms with Crippen LogP contribution in [0.3, 0.4) is 0 Å². The van der Waals surface area contributed by atoms with Crippen molar-refractivity contribution in [1.82, 2.24) is 5.48 Å². The molecule has 0 radical (unpaired) electrons. The molecule has 4 heteroatoms. The van der Waals surface area contributed by atoms with Crippen LogP contribution in [0.1, 0.15) is 13.8 Å². The van der Waals surface area contributed by atoms with Crippen molar-refractivity contribution in [3.8, 4) is 0 Å². The number of carbonyl (C=O) groups excluding carboxylic acids is 1. The number of rotatable bonds is 3. The molecule has 0 aliphatic heterocycles. The van der Waals surface area contributed by atoms with Crippen LogP contribution >= 0.6 is 0 Å². The molecule has 0 bridgehead atoms. The van der Waals surface area contributed by atoms with E-state index in [4.69, 9.17) is 0 Å². The van der Waals surface area contributed by atoms with Crippen molar-refractivity contribution >= 4 is 12.1 Å². The van der Waals surface area contributed by atoms with Crippen LogP contribution in [0.25, 0.3) is 0 Å². The van der Waals surface area contributed by atoms with Gasteiger partial charge in [-0.3, -0.25) is 9.73 Å². The lowest BCUT2D eigenvalue weighted by Gasteiger charge is -1.93. The van der Waals surface area contributed by atoms with Crippen molar-refractivity contribution in [1.29, 1.82) is 0 Å². The van der Waals surface area contributed by atoms with E-state index >= 15 is 0 Å². The number of nitrogens with one attached hydrogen (secondary N) is 1. The highest BCUT2D eigenvalue weighted by Crippen LogP contribution is 1.78. The molecular weight excluding hydrogens is 132 g/mol. The Balaban J connectivity index is 3.36. The number of amides is 1. The quantitative estimate of drug-likeness (QED) is 0.463. The number of oxime groups is 1. The Labute approximate surface area is 59.5 Å². The van der Waals surface area contributed by atoms with Crippen LogP contribution in [0.15, 0.2) is 17.3 Å². The monoisotopic (exact) mass is 142 g/mol. The summed E-state index contributed by atoms with van der Waals surface area (Å²) in [5.74, 6) is -0.293. The maximum atomic E-state index is 10.2. The zero-order chi connectivity index (χ0) is 7.98. The summed E-state index contributed by atoms with van der Waals surface area (Å²) in [5.41, 5.74) is 2.78. The van der Waals surface area contributed by atoms with Crippen molar-refractivity contribution in [2.45, 2.75) is 13.8 Å². The van der Waals surface area contributed by atoms with Crippen LogP contribution in [-0.4, -0.2) is 12.1 Å². The Morgan fingerprint density at radius 1 is 1.70 bits per heavy atom. The molecule has 0 saturated carbocycles. The number of hydroxylamine groups is 1. The van der Waals surface area contributed by atoms with Gasteiger partial charge in [-0.05, 0) is 12.5 Å². The normalized spacial score (nSPS) is 9.40. The first-order chi connectivity index (χ1) is 4.63. The van der Waals surface area contributed by atoms with Crippen molar-refractivity contribution < 1.29 is 9.73 Å². The van der Waals surface area contributed by atoms with Gasteiger partial charge in [0.1, 0.15) is 0 Å². The van der Waals surface area contributed by atoms with E-state index in [1.165, 1.54) is 13.1 Å². The third-order valence-electron chi connectivity index (χ3n) is 0.515. The summed E-state index contributed by atoms with van der Waals surface area (Å²) in [6.07, 6.45) is 1.40. The molecule has 0 rings (SSSR count). The first-order valence-electron chi connectivity index (χ1n) is 2.74. The van der Waals surface area contributed by atoms with E-state index in [0.29, 0.717) is 0 Å². The number of hydrogen-bond donors (Lipinski definition) is 1. The van der Waals surface area contributed by atoms with Gasteiger partial charge in [0.25, 0.3) is 5.91 Å². The second-order valence-electron chi connectivity index (χ2n) is 1.83. The van der Waals surface area contributed by atoms with Gasteiger partial charge in [-0.15, -0.1) is 0 Å². The standard InChI is InChI=1S/C6H10N2O2/c1-5(2)4-7-10-8-6(3)9/h4H,1H2,2-3H3,(H,8,9)/b7-4+. The van der Waals surface area contributed by atoms with Crippen LogP contribution in [0.2, 0.25) is 0 Å². The molecule has 56 valence electrons. The Kier molecular flexibility index (Phi) is 3.95. The van der Waals surface area contributed by atoms with Crippen molar-refractivity contribution in [3.05, 3.63) is 12.2 Å². The smallest absolute Gasteiger partial charge is 0.251 e. The third-order valence-corrected chi connectivity index (χ3v) is 0.515. The minimum absolute atomic E-state index is 0.293. The molecule has 0 unspecified atom stereocenters. The number of nitrogens with zero attached hydrogens (tertiary/aromatic N) is 1. The molecule has 0 aliphatic rings. The molecule has 0 saturated heterocycles. The Bertz CT molecular complexity index is 163. The number of carbonyl (C=O) groups is 1. The highest BCUT2D eigenvalue weighted by atomic mass is 16.8. The predicted molar refractivity (Wildman–Crippen MR) is 38.2 cm³/mol. The molecular formula is C6H10N2O2. The van der Waals surface area contributed by atoms with E-state index in [9.17, 15) is 4.79 Å². The zero-order valence-corrected chi connectivity index (χ0v) is 6.05. The molecule has 0 aromatic carbocycles. The maximum absolute atomic E-state index is 10.2. The molecule has 4 nitrogen and oxygen atoms in total. The maximum Gasteiger partial charge on any atom is 0.251 e. The van der Waals surface area contributed by atoms with Crippen LogP contribution in [0.5, 0.6) is 0 Å².